The number of aryl methyl sites for hydroxylation is 1. The van der Waals surface area contributed by atoms with E-state index in [4.69, 9.17) is 4.74 Å². The van der Waals surface area contributed by atoms with Crippen LogP contribution in [-0.4, -0.2) is 24.0 Å². The van der Waals surface area contributed by atoms with Crippen molar-refractivity contribution in [3.63, 3.8) is 0 Å². The van der Waals surface area contributed by atoms with Gasteiger partial charge in [-0.2, -0.15) is 0 Å². The van der Waals surface area contributed by atoms with Crippen LogP contribution in [0.1, 0.15) is 42.5 Å². The number of carbonyl (C=O) groups excluding carboxylic acids is 1. The van der Waals surface area contributed by atoms with Gasteiger partial charge in [-0.1, -0.05) is 42.0 Å². The molecule has 126 valence electrons. The van der Waals surface area contributed by atoms with Crippen LogP contribution in [0, 0.1) is 6.92 Å². The van der Waals surface area contributed by atoms with E-state index in [-0.39, 0.29) is 11.9 Å². The molecule has 2 aromatic carbocycles. The van der Waals surface area contributed by atoms with Gasteiger partial charge in [-0.3, -0.25) is 4.79 Å². The molecule has 0 spiro atoms. The second-order valence-electron chi connectivity index (χ2n) is 6.41. The number of benzene rings is 2. The highest BCUT2D eigenvalue weighted by molar-refractivity contribution is 5.79. The number of likely N-dealkylation sites (tertiary alicyclic amines) is 1. The fourth-order valence-electron chi connectivity index (χ4n) is 3.44. The van der Waals surface area contributed by atoms with Crippen molar-refractivity contribution in [3.05, 3.63) is 65.2 Å². The molecule has 1 unspecified atom stereocenters. The summed E-state index contributed by atoms with van der Waals surface area (Å²) < 4.78 is 5.46. The average molecular weight is 323 g/mol. The lowest BCUT2D eigenvalue weighted by Gasteiger charge is -2.25. The van der Waals surface area contributed by atoms with Crippen molar-refractivity contribution in [2.24, 2.45) is 0 Å². The normalized spacial score (nSPS) is 17.1. The van der Waals surface area contributed by atoms with Gasteiger partial charge in [0.25, 0.3) is 0 Å². The van der Waals surface area contributed by atoms with Crippen molar-refractivity contribution in [2.75, 3.05) is 13.2 Å². The Hall–Kier alpha value is -2.29. The Labute approximate surface area is 144 Å². The van der Waals surface area contributed by atoms with Gasteiger partial charge in [0.15, 0.2) is 0 Å². The van der Waals surface area contributed by atoms with Crippen LogP contribution in [0.4, 0.5) is 0 Å². The van der Waals surface area contributed by atoms with Gasteiger partial charge in [0, 0.05) is 6.54 Å². The molecule has 0 N–H and O–H groups in total. The number of amides is 1. The minimum absolute atomic E-state index is 0.211. The molecular weight excluding hydrogens is 298 g/mol. The SMILES string of the molecule is CCOc1ccc(CC(=O)N2CCCC2c2cccc(C)c2)cc1. The fraction of sp³-hybridized carbons (Fsp3) is 0.381. The van der Waals surface area contributed by atoms with Gasteiger partial charge in [0.2, 0.25) is 5.91 Å². The molecule has 1 aliphatic rings. The summed E-state index contributed by atoms with van der Waals surface area (Å²) >= 11 is 0. The first-order valence-electron chi connectivity index (χ1n) is 8.75. The average Bonchev–Trinajstić information content (AvgIpc) is 3.07. The van der Waals surface area contributed by atoms with Gasteiger partial charge < -0.3 is 9.64 Å². The maximum Gasteiger partial charge on any atom is 0.227 e. The second-order valence-corrected chi connectivity index (χ2v) is 6.41. The van der Waals surface area contributed by atoms with E-state index in [1.807, 2.05) is 36.1 Å². The molecule has 3 nitrogen and oxygen atoms in total. The van der Waals surface area contributed by atoms with Crippen LogP contribution >= 0.6 is 0 Å². The maximum absolute atomic E-state index is 12.8. The Morgan fingerprint density at radius 3 is 2.71 bits per heavy atom. The first kappa shape index (κ1) is 16.6. The van der Waals surface area contributed by atoms with Crippen molar-refractivity contribution in [3.8, 4) is 5.75 Å². The number of carbonyl (C=O) groups is 1. The minimum Gasteiger partial charge on any atom is -0.494 e. The molecule has 0 aromatic heterocycles. The lowest BCUT2D eigenvalue weighted by molar-refractivity contribution is -0.131. The molecule has 0 radical (unpaired) electrons. The van der Waals surface area contributed by atoms with Gasteiger partial charge in [0.05, 0.1) is 19.1 Å². The molecule has 24 heavy (non-hydrogen) atoms. The monoisotopic (exact) mass is 323 g/mol. The van der Waals surface area contributed by atoms with Crippen LogP contribution in [0.2, 0.25) is 0 Å². The summed E-state index contributed by atoms with van der Waals surface area (Å²) in [6.45, 7) is 5.58. The Kier molecular flexibility index (Phi) is 5.19. The van der Waals surface area contributed by atoms with Gasteiger partial charge in [-0.05, 0) is 49.9 Å². The first-order valence-corrected chi connectivity index (χ1v) is 8.75. The summed E-state index contributed by atoms with van der Waals surface area (Å²) in [5.41, 5.74) is 3.55. The van der Waals surface area contributed by atoms with Crippen LogP contribution in [-0.2, 0) is 11.2 Å². The maximum atomic E-state index is 12.8. The smallest absolute Gasteiger partial charge is 0.227 e. The van der Waals surface area contributed by atoms with Gasteiger partial charge in [-0.25, -0.2) is 0 Å². The zero-order valence-corrected chi connectivity index (χ0v) is 14.5. The van der Waals surface area contributed by atoms with Crippen LogP contribution in [0.25, 0.3) is 0 Å². The van der Waals surface area contributed by atoms with E-state index in [9.17, 15) is 4.79 Å². The second kappa shape index (κ2) is 7.52. The molecule has 2 aromatic rings. The van der Waals surface area contributed by atoms with Crippen molar-refractivity contribution in [1.82, 2.24) is 4.90 Å². The van der Waals surface area contributed by atoms with Crippen LogP contribution in [0.15, 0.2) is 48.5 Å². The molecule has 3 rings (SSSR count). The zero-order chi connectivity index (χ0) is 16.9. The number of hydrogen-bond donors (Lipinski definition) is 0. The van der Waals surface area contributed by atoms with Crippen molar-refractivity contribution in [1.29, 1.82) is 0 Å². The Morgan fingerprint density at radius 2 is 2.00 bits per heavy atom. The molecule has 0 bridgehead atoms. The van der Waals surface area contributed by atoms with E-state index in [0.717, 1.165) is 30.7 Å². The number of nitrogens with zero attached hydrogens (tertiary/aromatic N) is 1. The fourth-order valence-corrected chi connectivity index (χ4v) is 3.44. The van der Waals surface area contributed by atoms with E-state index in [1.165, 1.54) is 11.1 Å². The van der Waals surface area contributed by atoms with E-state index in [1.54, 1.807) is 0 Å². The molecule has 1 atom stereocenters. The molecule has 1 aliphatic heterocycles. The highest BCUT2D eigenvalue weighted by Crippen LogP contribution is 2.32. The molecule has 0 saturated carbocycles. The van der Waals surface area contributed by atoms with E-state index in [2.05, 4.69) is 31.2 Å². The summed E-state index contributed by atoms with van der Waals surface area (Å²) in [5.74, 6) is 1.07. The highest BCUT2D eigenvalue weighted by Gasteiger charge is 2.29. The third-order valence-electron chi connectivity index (χ3n) is 4.59. The Balaban J connectivity index is 1.69. The van der Waals surface area contributed by atoms with Gasteiger partial charge >= 0.3 is 0 Å². The molecule has 3 heteroatoms. The van der Waals surface area contributed by atoms with Crippen molar-refractivity contribution in [2.45, 2.75) is 39.2 Å². The molecule has 1 fully saturated rings. The topological polar surface area (TPSA) is 29.5 Å². The largest absolute Gasteiger partial charge is 0.494 e. The van der Waals surface area contributed by atoms with E-state index < -0.39 is 0 Å². The Bertz CT molecular complexity index is 693. The quantitative estimate of drug-likeness (QED) is 0.821. The van der Waals surface area contributed by atoms with E-state index in [0.29, 0.717) is 13.0 Å². The summed E-state index contributed by atoms with van der Waals surface area (Å²) in [5, 5.41) is 0. The molecular formula is C21H25NO2. The predicted octanol–water partition coefficient (Wildman–Crippen LogP) is 4.30. The summed E-state index contributed by atoms with van der Waals surface area (Å²) in [7, 11) is 0. The number of rotatable bonds is 5. The highest BCUT2D eigenvalue weighted by atomic mass is 16.5. The molecule has 1 heterocycles. The lowest BCUT2D eigenvalue weighted by atomic mass is 10.0. The van der Waals surface area contributed by atoms with Crippen LogP contribution in [0.3, 0.4) is 0 Å². The molecule has 0 aliphatic carbocycles. The summed E-state index contributed by atoms with van der Waals surface area (Å²) in [6.07, 6.45) is 2.58. The Morgan fingerprint density at radius 1 is 1.21 bits per heavy atom. The number of ether oxygens (including phenoxy) is 1. The lowest BCUT2D eigenvalue weighted by Crippen LogP contribution is -2.31. The summed E-state index contributed by atoms with van der Waals surface area (Å²) in [4.78, 5) is 14.8. The third kappa shape index (κ3) is 3.78. The third-order valence-corrected chi connectivity index (χ3v) is 4.59. The zero-order valence-electron chi connectivity index (χ0n) is 14.5. The van der Waals surface area contributed by atoms with Gasteiger partial charge in [0.1, 0.15) is 5.75 Å². The molecule has 1 amide bonds. The number of hydrogen-bond acceptors (Lipinski definition) is 2. The van der Waals surface area contributed by atoms with Crippen molar-refractivity contribution < 1.29 is 9.53 Å². The minimum atomic E-state index is 0.211. The van der Waals surface area contributed by atoms with E-state index >= 15 is 0 Å². The van der Waals surface area contributed by atoms with Crippen LogP contribution in [0.5, 0.6) is 5.75 Å². The standard InChI is InChI=1S/C21H25NO2/c1-3-24-19-11-9-17(10-12-19)15-21(23)22-13-5-8-20(22)18-7-4-6-16(2)14-18/h4,6-7,9-12,14,20H,3,5,8,13,15H2,1-2H3. The van der Waals surface area contributed by atoms with Crippen LogP contribution < -0.4 is 4.74 Å². The molecule has 1 saturated heterocycles. The van der Waals surface area contributed by atoms with Crippen molar-refractivity contribution >= 4 is 5.91 Å². The predicted molar refractivity (Wildman–Crippen MR) is 96.2 cm³/mol. The van der Waals surface area contributed by atoms with Gasteiger partial charge in [-0.15, -0.1) is 0 Å². The summed E-state index contributed by atoms with van der Waals surface area (Å²) in [6, 6.07) is 16.6. The first-order chi connectivity index (χ1) is 11.7.